The van der Waals surface area contributed by atoms with Crippen LogP contribution in [0.3, 0.4) is 0 Å². The molecule has 0 aliphatic heterocycles. The first kappa shape index (κ1) is 11.8. The van der Waals surface area contributed by atoms with Crippen LogP contribution in [0.25, 0.3) is 0 Å². The van der Waals surface area contributed by atoms with E-state index in [0.717, 1.165) is 30.4 Å². The van der Waals surface area contributed by atoms with Gasteiger partial charge in [-0.05, 0) is 32.1 Å². The predicted molar refractivity (Wildman–Crippen MR) is 74.2 cm³/mol. The van der Waals surface area contributed by atoms with Crippen LogP contribution in [-0.2, 0) is 0 Å². The fraction of sp³-hybridized carbons (Fsp3) is 0.714. The molecule has 2 aliphatic rings. The van der Waals surface area contributed by atoms with Gasteiger partial charge >= 0.3 is 0 Å². The van der Waals surface area contributed by atoms with Crippen LogP contribution in [0.1, 0.15) is 50.8 Å². The van der Waals surface area contributed by atoms with Crippen LogP contribution < -0.4 is 10.2 Å². The smallest absolute Gasteiger partial charge is 0.136 e. The molecule has 0 amide bonds. The number of hydrogen-bond acceptors (Lipinski definition) is 4. The Hall–Kier alpha value is -1.32. The third kappa shape index (κ3) is 2.57. The SMILES string of the molecule is CCCNc1cc(N(C)C2CC2)nc(C2CC2)n1. The summed E-state index contributed by atoms with van der Waals surface area (Å²) >= 11 is 0. The highest BCUT2D eigenvalue weighted by Crippen LogP contribution is 2.39. The van der Waals surface area contributed by atoms with Crippen LogP contribution in [-0.4, -0.2) is 29.6 Å². The molecule has 1 aromatic heterocycles. The summed E-state index contributed by atoms with van der Waals surface area (Å²) in [5.41, 5.74) is 0. The van der Waals surface area contributed by atoms with E-state index in [2.05, 4.69) is 35.2 Å². The molecular formula is C14H22N4. The molecule has 0 radical (unpaired) electrons. The first-order chi connectivity index (χ1) is 8.78. The summed E-state index contributed by atoms with van der Waals surface area (Å²) in [6.45, 7) is 3.15. The van der Waals surface area contributed by atoms with Crippen LogP contribution in [0.5, 0.6) is 0 Å². The van der Waals surface area contributed by atoms with Crippen molar-refractivity contribution < 1.29 is 0 Å². The number of aromatic nitrogens is 2. The molecule has 2 saturated carbocycles. The summed E-state index contributed by atoms with van der Waals surface area (Å²) in [6, 6.07) is 2.80. The minimum absolute atomic E-state index is 0.611. The monoisotopic (exact) mass is 246 g/mol. The van der Waals surface area contributed by atoms with Crippen molar-refractivity contribution in [1.29, 1.82) is 0 Å². The standard InChI is InChI=1S/C14H22N4/c1-3-8-15-12-9-13(18(2)11-6-7-11)17-14(16-12)10-4-5-10/h9-11H,3-8H2,1-2H3,(H,15,16,17). The molecule has 2 aliphatic carbocycles. The molecule has 1 heterocycles. The molecule has 4 nitrogen and oxygen atoms in total. The van der Waals surface area contributed by atoms with Gasteiger partial charge in [0.05, 0.1) is 0 Å². The second-order valence-corrected chi connectivity index (χ2v) is 5.51. The zero-order valence-corrected chi connectivity index (χ0v) is 11.3. The summed E-state index contributed by atoms with van der Waals surface area (Å²) in [6.07, 6.45) is 6.23. The molecule has 0 aromatic carbocycles. The topological polar surface area (TPSA) is 41.0 Å². The highest BCUT2D eigenvalue weighted by molar-refractivity contribution is 5.51. The maximum absolute atomic E-state index is 4.74. The van der Waals surface area contributed by atoms with E-state index in [-0.39, 0.29) is 0 Å². The number of nitrogens with zero attached hydrogens (tertiary/aromatic N) is 3. The fourth-order valence-electron chi connectivity index (χ4n) is 2.15. The van der Waals surface area contributed by atoms with Crippen molar-refractivity contribution in [3.8, 4) is 0 Å². The van der Waals surface area contributed by atoms with Crippen molar-refractivity contribution in [2.45, 2.75) is 51.0 Å². The molecule has 0 spiro atoms. The van der Waals surface area contributed by atoms with Gasteiger partial charge < -0.3 is 10.2 Å². The third-order valence-electron chi connectivity index (χ3n) is 3.68. The number of anilines is 2. The van der Waals surface area contributed by atoms with E-state index in [0.29, 0.717) is 12.0 Å². The van der Waals surface area contributed by atoms with Crippen LogP contribution in [0, 0.1) is 0 Å². The molecule has 98 valence electrons. The predicted octanol–water partition coefficient (Wildman–Crippen LogP) is 2.77. The highest BCUT2D eigenvalue weighted by Gasteiger charge is 2.30. The number of nitrogens with one attached hydrogen (secondary N) is 1. The average Bonchev–Trinajstić information content (AvgIpc) is 3.27. The lowest BCUT2D eigenvalue weighted by Gasteiger charge is -2.19. The van der Waals surface area contributed by atoms with Gasteiger partial charge in [-0.25, -0.2) is 9.97 Å². The zero-order chi connectivity index (χ0) is 12.5. The first-order valence-corrected chi connectivity index (χ1v) is 7.13. The van der Waals surface area contributed by atoms with Crippen LogP contribution in [0.2, 0.25) is 0 Å². The van der Waals surface area contributed by atoms with E-state index < -0.39 is 0 Å². The van der Waals surface area contributed by atoms with Gasteiger partial charge in [-0.1, -0.05) is 6.92 Å². The van der Waals surface area contributed by atoms with Crippen molar-refractivity contribution >= 4 is 11.6 Å². The van der Waals surface area contributed by atoms with Gasteiger partial charge in [-0.3, -0.25) is 0 Å². The van der Waals surface area contributed by atoms with E-state index in [1.807, 2.05) is 0 Å². The fourth-order valence-corrected chi connectivity index (χ4v) is 2.15. The Morgan fingerprint density at radius 3 is 2.67 bits per heavy atom. The third-order valence-corrected chi connectivity index (χ3v) is 3.68. The number of hydrogen-bond donors (Lipinski definition) is 1. The van der Waals surface area contributed by atoms with Gasteiger partial charge in [0.2, 0.25) is 0 Å². The molecule has 2 fully saturated rings. The Labute approximate surface area is 109 Å². The molecule has 0 saturated heterocycles. The normalized spacial score (nSPS) is 18.8. The Morgan fingerprint density at radius 1 is 1.28 bits per heavy atom. The summed E-state index contributed by atoms with van der Waals surface area (Å²) < 4.78 is 0. The summed E-state index contributed by atoms with van der Waals surface area (Å²) in [4.78, 5) is 11.7. The lowest BCUT2D eigenvalue weighted by molar-refractivity contribution is 0.847. The Morgan fingerprint density at radius 2 is 2.06 bits per heavy atom. The van der Waals surface area contributed by atoms with Crippen molar-refractivity contribution in [3.05, 3.63) is 11.9 Å². The number of rotatable bonds is 6. The Kier molecular flexibility index (Phi) is 3.10. The van der Waals surface area contributed by atoms with Gasteiger partial charge in [0, 0.05) is 31.6 Å². The van der Waals surface area contributed by atoms with Crippen molar-refractivity contribution in [3.63, 3.8) is 0 Å². The van der Waals surface area contributed by atoms with Gasteiger partial charge in [0.25, 0.3) is 0 Å². The van der Waals surface area contributed by atoms with Crippen molar-refractivity contribution in [2.24, 2.45) is 0 Å². The molecule has 0 unspecified atom stereocenters. The second kappa shape index (κ2) is 4.75. The lowest BCUT2D eigenvalue weighted by atomic mass is 10.3. The zero-order valence-electron chi connectivity index (χ0n) is 11.3. The minimum Gasteiger partial charge on any atom is -0.370 e. The summed E-state index contributed by atoms with van der Waals surface area (Å²) in [5.74, 6) is 3.74. The quantitative estimate of drug-likeness (QED) is 0.838. The van der Waals surface area contributed by atoms with E-state index in [1.54, 1.807) is 0 Å². The molecule has 1 N–H and O–H groups in total. The van der Waals surface area contributed by atoms with Gasteiger partial charge in [-0.15, -0.1) is 0 Å². The first-order valence-electron chi connectivity index (χ1n) is 7.13. The van der Waals surface area contributed by atoms with Gasteiger partial charge in [0.1, 0.15) is 17.5 Å². The van der Waals surface area contributed by atoms with E-state index in [1.165, 1.54) is 25.7 Å². The van der Waals surface area contributed by atoms with Gasteiger partial charge in [-0.2, -0.15) is 0 Å². The molecule has 18 heavy (non-hydrogen) atoms. The average molecular weight is 246 g/mol. The Bertz CT molecular complexity index is 424. The molecule has 0 atom stereocenters. The maximum Gasteiger partial charge on any atom is 0.136 e. The van der Waals surface area contributed by atoms with Crippen molar-refractivity contribution in [1.82, 2.24) is 9.97 Å². The summed E-state index contributed by atoms with van der Waals surface area (Å²) in [5, 5.41) is 3.39. The maximum atomic E-state index is 4.74. The van der Waals surface area contributed by atoms with Crippen molar-refractivity contribution in [2.75, 3.05) is 23.8 Å². The largest absolute Gasteiger partial charge is 0.370 e. The molecule has 4 heteroatoms. The second-order valence-electron chi connectivity index (χ2n) is 5.51. The minimum atomic E-state index is 0.611. The Balaban J connectivity index is 1.83. The van der Waals surface area contributed by atoms with Crippen LogP contribution in [0.15, 0.2) is 6.07 Å². The van der Waals surface area contributed by atoms with E-state index in [4.69, 9.17) is 4.98 Å². The van der Waals surface area contributed by atoms with E-state index >= 15 is 0 Å². The molecular weight excluding hydrogens is 224 g/mol. The lowest BCUT2D eigenvalue weighted by Crippen LogP contribution is -2.21. The summed E-state index contributed by atoms with van der Waals surface area (Å²) in [7, 11) is 2.15. The molecule has 3 rings (SSSR count). The van der Waals surface area contributed by atoms with Crippen LogP contribution in [0.4, 0.5) is 11.6 Å². The molecule has 0 bridgehead atoms. The van der Waals surface area contributed by atoms with Crippen LogP contribution >= 0.6 is 0 Å². The molecule has 1 aromatic rings. The van der Waals surface area contributed by atoms with E-state index in [9.17, 15) is 0 Å². The highest BCUT2D eigenvalue weighted by atomic mass is 15.2. The van der Waals surface area contributed by atoms with Gasteiger partial charge in [0.15, 0.2) is 0 Å².